The molecule has 3 aromatic rings. The summed E-state index contributed by atoms with van der Waals surface area (Å²) in [5, 5.41) is 7.82. The molecule has 3 aromatic heterocycles. The Morgan fingerprint density at radius 3 is 2.77 bits per heavy atom. The number of carbonyl (C=O) groups excluding carboxylic acids is 1. The van der Waals surface area contributed by atoms with E-state index in [0.29, 0.717) is 17.3 Å². The Bertz CT molecular complexity index is 812. The Labute approximate surface area is 126 Å². The van der Waals surface area contributed by atoms with Crippen LogP contribution in [0.25, 0.3) is 11.5 Å². The van der Waals surface area contributed by atoms with Crippen LogP contribution in [0.2, 0.25) is 0 Å². The number of hydrogen-bond acceptors (Lipinski definition) is 6. The number of aromatic nitrogens is 3. The number of rotatable bonds is 4. The van der Waals surface area contributed by atoms with Gasteiger partial charge in [-0.3, -0.25) is 0 Å². The van der Waals surface area contributed by atoms with E-state index in [-0.39, 0.29) is 12.5 Å². The lowest BCUT2D eigenvalue weighted by molar-refractivity contribution is 0.0427. The first-order valence-corrected chi connectivity index (χ1v) is 6.73. The SMILES string of the molecule is Cc1cc(-c2nnc(COC(=O)c3cccn3C)o2)c(C)o1. The fourth-order valence-electron chi connectivity index (χ4n) is 2.14. The molecule has 0 saturated carbocycles. The minimum atomic E-state index is -0.442. The first-order chi connectivity index (χ1) is 10.5. The van der Waals surface area contributed by atoms with Crippen molar-refractivity contribution in [3.8, 4) is 11.5 Å². The molecular formula is C15H15N3O4. The Morgan fingerprint density at radius 2 is 2.14 bits per heavy atom. The Kier molecular flexibility index (Phi) is 3.54. The molecule has 7 nitrogen and oxygen atoms in total. The summed E-state index contributed by atoms with van der Waals surface area (Å²) in [6, 6.07) is 5.27. The van der Waals surface area contributed by atoms with E-state index in [9.17, 15) is 4.79 Å². The van der Waals surface area contributed by atoms with Crippen LogP contribution >= 0.6 is 0 Å². The molecule has 0 bridgehead atoms. The van der Waals surface area contributed by atoms with Gasteiger partial charge in [0.15, 0.2) is 6.61 Å². The molecule has 0 radical (unpaired) electrons. The Morgan fingerprint density at radius 1 is 1.32 bits per heavy atom. The molecule has 0 saturated heterocycles. The largest absolute Gasteiger partial charge is 0.466 e. The maximum absolute atomic E-state index is 11.9. The van der Waals surface area contributed by atoms with Gasteiger partial charge in [0.25, 0.3) is 11.8 Å². The molecule has 3 rings (SSSR count). The highest BCUT2D eigenvalue weighted by Gasteiger charge is 2.16. The van der Waals surface area contributed by atoms with E-state index in [2.05, 4.69) is 10.2 Å². The summed E-state index contributed by atoms with van der Waals surface area (Å²) in [4.78, 5) is 11.9. The van der Waals surface area contributed by atoms with E-state index in [0.717, 1.165) is 11.3 Å². The maximum atomic E-state index is 11.9. The van der Waals surface area contributed by atoms with Crippen LogP contribution in [0.15, 0.2) is 33.2 Å². The lowest BCUT2D eigenvalue weighted by Gasteiger charge is -2.02. The van der Waals surface area contributed by atoms with Crippen LogP contribution in [0.5, 0.6) is 0 Å². The minimum absolute atomic E-state index is 0.0765. The second kappa shape index (κ2) is 5.51. The molecule has 0 amide bonds. The lowest BCUT2D eigenvalue weighted by atomic mass is 10.2. The van der Waals surface area contributed by atoms with E-state index in [4.69, 9.17) is 13.6 Å². The molecule has 0 atom stereocenters. The monoisotopic (exact) mass is 301 g/mol. The van der Waals surface area contributed by atoms with Gasteiger partial charge in [-0.1, -0.05) is 0 Å². The van der Waals surface area contributed by atoms with Gasteiger partial charge in [0.2, 0.25) is 0 Å². The number of aryl methyl sites for hydroxylation is 3. The Balaban J connectivity index is 1.69. The van der Waals surface area contributed by atoms with Crippen molar-refractivity contribution >= 4 is 5.97 Å². The summed E-state index contributed by atoms with van der Waals surface area (Å²) in [5.41, 5.74) is 1.20. The average molecular weight is 301 g/mol. The van der Waals surface area contributed by atoms with Crippen molar-refractivity contribution in [2.24, 2.45) is 7.05 Å². The van der Waals surface area contributed by atoms with Crippen molar-refractivity contribution < 1.29 is 18.4 Å². The van der Waals surface area contributed by atoms with Gasteiger partial charge < -0.3 is 18.1 Å². The first-order valence-electron chi connectivity index (χ1n) is 6.73. The number of ether oxygens (including phenoxy) is 1. The molecule has 0 N–H and O–H groups in total. The predicted molar refractivity (Wildman–Crippen MR) is 76.0 cm³/mol. The summed E-state index contributed by atoms with van der Waals surface area (Å²) in [6.07, 6.45) is 1.77. The van der Waals surface area contributed by atoms with E-state index < -0.39 is 5.97 Å². The van der Waals surface area contributed by atoms with Crippen LogP contribution < -0.4 is 0 Å². The number of nitrogens with zero attached hydrogens (tertiary/aromatic N) is 3. The second-order valence-corrected chi connectivity index (χ2v) is 4.91. The zero-order valence-electron chi connectivity index (χ0n) is 12.5. The molecule has 0 unspecified atom stereocenters. The van der Waals surface area contributed by atoms with Gasteiger partial charge in [-0.05, 0) is 32.0 Å². The molecule has 0 aliphatic carbocycles. The van der Waals surface area contributed by atoms with Gasteiger partial charge in [-0.15, -0.1) is 10.2 Å². The Hall–Kier alpha value is -2.83. The normalized spacial score (nSPS) is 10.9. The van der Waals surface area contributed by atoms with Crippen LogP contribution in [0, 0.1) is 13.8 Å². The highest BCUT2D eigenvalue weighted by Crippen LogP contribution is 2.25. The van der Waals surface area contributed by atoms with Crippen molar-refractivity contribution in [1.82, 2.24) is 14.8 Å². The van der Waals surface area contributed by atoms with Crippen LogP contribution in [-0.2, 0) is 18.4 Å². The lowest BCUT2D eigenvalue weighted by Crippen LogP contribution is -2.09. The zero-order valence-corrected chi connectivity index (χ0v) is 12.5. The quantitative estimate of drug-likeness (QED) is 0.689. The second-order valence-electron chi connectivity index (χ2n) is 4.91. The number of carbonyl (C=O) groups is 1. The average Bonchev–Trinajstić information content (AvgIpc) is 3.16. The number of esters is 1. The summed E-state index contributed by atoms with van der Waals surface area (Å²) in [6.45, 7) is 3.59. The van der Waals surface area contributed by atoms with Crippen molar-refractivity contribution in [3.05, 3.63) is 47.5 Å². The molecule has 0 fully saturated rings. The fourth-order valence-corrected chi connectivity index (χ4v) is 2.14. The zero-order chi connectivity index (χ0) is 15.7. The summed E-state index contributed by atoms with van der Waals surface area (Å²) >= 11 is 0. The van der Waals surface area contributed by atoms with Crippen molar-refractivity contribution in [2.45, 2.75) is 20.5 Å². The highest BCUT2D eigenvalue weighted by molar-refractivity contribution is 5.87. The van der Waals surface area contributed by atoms with Crippen molar-refractivity contribution in [2.75, 3.05) is 0 Å². The summed E-state index contributed by atoms with van der Waals surface area (Å²) in [5.74, 6) is 1.61. The third-order valence-electron chi connectivity index (χ3n) is 3.22. The molecule has 0 aliphatic heterocycles. The third-order valence-corrected chi connectivity index (χ3v) is 3.22. The molecule has 0 spiro atoms. The summed E-state index contributed by atoms with van der Waals surface area (Å²) < 4.78 is 17.8. The molecule has 22 heavy (non-hydrogen) atoms. The molecular weight excluding hydrogens is 286 g/mol. The van der Waals surface area contributed by atoms with E-state index in [1.165, 1.54) is 0 Å². The van der Waals surface area contributed by atoms with Gasteiger partial charge >= 0.3 is 5.97 Å². The first kappa shape index (κ1) is 14.1. The van der Waals surface area contributed by atoms with Gasteiger partial charge in [0.1, 0.15) is 17.2 Å². The van der Waals surface area contributed by atoms with E-state index in [1.54, 1.807) is 29.9 Å². The van der Waals surface area contributed by atoms with Crippen molar-refractivity contribution in [1.29, 1.82) is 0 Å². The van der Waals surface area contributed by atoms with Gasteiger partial charge in [-0.2, -0.15) is 0 Å². The topological polar surface area (TPSA) is 83.3 Å². The van der Waals surface area contributed by atoms with Crippen molar-refractivity contribution in [3.63, 3.8) is 0 Å². The maximum Gasteiger partial charge on any atom is 0.355 e. The third kappa shape index (κ3) is 2.65. The van der Waals surface area contributed by atoms with Gasteiger partial charge in [0.05, 0.1) is 5.56 Å². The molecule has 114 valence electrons. The minimum Gasteiger partial charge on any atom is -0.466 e. The van der Waals surface area contributed by atoms with Gasteiger partial charge in [-0.25, -0.2) is 4.79 Å². The predicted octanol–water partition coefficient (Wildman–Crippen LogP) is 2.64. The van der Waals surface area contributed by atoms with Gasteiger partial charge in [0, 0.05) is 13.2 Å². The number of hydrogen-bond donors (Lipinski definition) is 0. The summed E-state index contributed by atoms with van der Waals surface area (Å²) in [7, 11) is 1.77. The van der Waals surface area contributed by atoms with E-state index >= 15 is 0 Å². The smallest absolute Gasteiger partial charge is 0.355 e. The molecule has 3 heterocycles. The molecule has 0 aliphatic rings. The fraction of sp³-hybridized carbons (Fsp3) is 0.267. The standard InChI is InChI=1S/C15H15N3O4/c1-9-7-11(10(2)21-9)14-17-16-13(22-14)8-20-15(19)12-5-4-6-18(12)3/h4-7H,8H2,1-3H3. The van der Waals surface area contributed by atoms with Crippen LogP contribution in [0.1, 0.15) is 27.9 Å². The van der Waals surface area contributed by atoms with Crippen LogP contribution in [0.4, 0.5) is 0 Å². The molecule has 7 heteroatoms. The molecule has 0 aromatic carbocycles. The number of furan rings is 1. The van der Waals surface area contributed by atoms with Crippen LogP contribution in [0.3, 0.4) is 0 Å². The highest BCUT2D eigenvalue weighted by atomic mass is 16.5. The van der Waals surface area contributed by atoms with E-state index in [1.807, 2.05) is 19.9 Å². The van der Waals surface area contributed by atoms with Crippen LogP contribution in [-0.4, -0.2) is 20.7 Å².